The average Bonchev–Trinajstić information content (AvgIpc) is 2.68. The number of carbonyl (C=O) groups excluding carboxylic acids is 2. The number of piperazine rings is 1. The molecule has 0 unspecified atom stereocenters. The van der Waals surface area contributed by atoms with E-state index in [0.29, 0.717) is 31.7 Å². The van der Waals surface area contributed by atoms with Crippen LogP contribution in [0.4, 0.5) is 29.3 Å². The van der Waals surface area contributed by atoms with Crippen LogP contribution in [0.15, 0.2) is 36.4 Å². The molecule has 1 fully saturated rings. The molecule has 0 spiro atoms. The summed E-state index contributed by atoms with van der Waals surface area (Å²) in [6.07, 6.45) is 0. The molecule has 0 radical (unpaired) electrons. The molecule has 27 heavy (non-hydrogen) atoms. The third kappa shape index (κ3) is 4.05. The Bertz CT molecular complexity index is 863. The SMILES string of the molecule is CC(=O)c1ccc(N2CCN(C(=O)Nc3ccc(F)c(F)c3F)CC2)cc1. The number of rotatable bonds is 3. The Morgan fingerprint density at radius 3 is 2.11 bits per heavy atom. The number of carbonyl (C=O) groups is 2. The molecular weight excluding hydrogens is 359 g/mol. The van der Waals surface area contributed by atoms with Crippen molar-refractivity contribution in [3.8, 4) is 0 Å². The van der Waals surface area contributed by atoms with E-state index in [2.05, 4.69) is 10.2 Å². The summed E-state index contributed by atoms with van der Waals surface area (Å²) in [7, 11) is 0. The maximum Gasteiger partial charge on any atom is 0.322 e. The van der Waals surface area contributed by atoms with Crippen LogP contribution in [0.25, 0.3) is 0 Å². The van der Waals surface area contributed by atoms with Gasteiger partial charge in [-0.3, -0.25) is 4.79 Å². The Labute approximate surface area is 154 Å². The molecule has 1 aliphatic rings. The molecule has 5 nitrogen and oxygen atoms in total. The second-order valence-electron chi connectivity index (χ2n) is 6.23. The van der Waals surface area contributed by atoms with Gasteiger partial charge in [-0.25, -0.2) is 18.0 Å². The van der Waals surface area contributed by atoms with Crippen LogP contribution in [0.3, 0.4) is 0 Å². The van der Waals surface area contributed by atoms with E-state index in [0.717, 1.165) is 17.8 Å². The number of hydrogen-bond acceptors (Lipinski definition) is 3. The highest BCUT2D eigenvalue weighted by Crippen LogP contribution is 2.21. The van der Waals surface area contributed by atoms with Crippen molar-refractivity contribution in [1.82, 2.24) is 4.90 Å². The number of halogens is 3. The highest BCUT2D eigenvalue weighted by Gasteiger charge is 2.23. The molecule has 0 bridgehead atoms. The second kappa shape index (κ2) is 7.69. The van der Waals surface area contributed by atoms with Crippen molar-refractivity contribution in [3.05, 3.63) is 59.4 Å². The van der Waals surface area contributed by atoms with Gasteiger partial charge < -0.3 is 15.1 Å². The molecule has 2 amide bonds. The van der Waals surface area contributed by atoms with Crippen molar-refractivity contribution in [2.75, 3.05) is 36.4 Å². The summed E-state index contributed by atoms with van der Waals surface area (Å²) in [5.74, 6) is -4.36. The van der Waals surface area contributed by atoms with Gasteiger partial charge in [0.15, 0.2) is 23.2 Å². The zero-order valence-electron chi connectivity index (χ0n) is 14.6. The van der Waals surface area contributed by atoms with Crippen LogP contribution in [0.1, 0.15) is 17.3 Å². The van der Waals surface area contributed by atoms with E-state index >= 15 is 0 Å². The van der Waals surface area contributed by atoms with E-state index in [4.69, 9.17) is 0 Å². The lowest BCUT2D eigenvalue weighted by Gasteiger charge is -2.36. The number of benzene rings is 2. The topological polar surface area (TPSA) is 52.7 Å². The van der Waals surface area contributed by atoms with Gasteiger partial charge in [0.2, 0.25) is 0 Å². The van der Waals surface area contributed by atoms with Crippen LogP contribution < -0.4 is 10.2 Å². The molecule has 0 saturated carbocycles. The first-order chi connectivity index (χ1) is 12.9. The summed E-state index contributed by atoms with van der Waals surface area (Å²) in [4.78, 5) is 27.1. The van der Waals surface area contributed by atoms with E-state index in [-0.39, 0.29) is 5.78 Å². The minimum absolute atomic E-state index is 0.00694. The molecule has 8 heteroatoms. The van der Waals surface area contributed by atoms with Crippen LogP contribution in [-0.4, -0.2) is 42.9 Å². The Morgan fingerprint density at radius 1 is 0.889 bits per heavy atom. The van der Waals surface area contributed by atoms with E-state index in [1.807, 2.05) is 12.1 Å². The maximum absolute atomic E-state index is 13.7. The van der Waals surface area contributed by atoms with Gasteiger partial charge in [-0.05, 0) is 43.3 Å². The minimum Gasteiger partial charge on any atom is -0.368 e. The number of ketones is 1. The summed E-state index contributed by atoms with van der Waals surface area (Å²) < 4.78 is 39.9. The molecule has 1 saturated heterocycles. The predicted octanol–water partition coefficient (Wildman–Crippen LogP) is 3.66. The quantitative estimate of drug-likeness (QED) is 0.656. The summed E-state index contributed by atoms with van der Waals surface area (Å²) in [5.41, 5.74) is 1.16. The van der Waals surface area contributed by atoms with Crippen LogP contribution in [-0.2, 0) is 0 Å². The predicted molar refractivity (Wildman–Crippen MR) is 95.6 cm³/mol. The molecule has 142 valence electrons. The van der Waals surface area contributed by atoms with Crippen molar-refractivity contribution >= 4 is 23.2 Å². The number of amides is 2. The van der Waals surface area contributed by atoms with Crippen LogP contribution in [0.5, 0.6) is 0 Å². The lowest BCUT2D eigenvalue weighted by Crippen LogP contribution is -2.50. The molecule has 1 aliphatic heterocycles. The normalized spacial score (nSPS) is 14.2. The Hall–Kier alpha value is -3.03. The van der Waals surface area contributed by atoms with Crippen LogP contribution >= 0.6 is 0 Å². The lowest BCUT2D eigenvalue weighted by molar-refractivity contribution is 0.101. The zero-order chi connectivity index (χ0) is 19.6. The standard InChI is InChI=1S/C19H18F3N3O2/c1-12(26)13-2-4-14(5-3-13)24-8-10-25(11-9-24)19(27)23-16-7-6-15(20)17(21)18(16)22/h2-7H,8-11H2,1H3,(H,23,27). The molecule has 2 aromatic rings. The fourth-order valence-corrected chi connectivity index (χ4v) is 2.89. The summed E-state index contributed by atoms with van der Waals surface area (Å²) in [5, 5.41) is 2.27. The van der Waals surface area contributed by atoms with E-state index in [9.17, 15) is 22.8 Å². The Morgan fingerprint density at radius 2 is 1.52 bits per heavy atom. The number of nitrogens with zero attached hydrogens (tertiary/aromatic N) is 2. The number of hydrogen-bond donors (Lipinski definition) is 1. The van der Waals surface area contributed by atoms with Crippen molar-refractivity contribution in [3.63, 3.8) is 0 Å². The molecule has 0 aliphatic carbocycles. The van der Waals surface area contributed by atoms with Crippen molar-refractivity contribution in [2.24, 2.45) is 0 Å². The summed E-state index contributed by atoms with van der Waals surface area (Å²) >= 11 is 0. The van der Waals surface area contributed by atoms with Crippen molar-refractivity contribution < 1.29 is 22.8 Å². The molecule has 0 aromatic heterocycles. The molecule has 1 heterocycles. The molecule has 1 N–H and O–H groups in total. The van der Waals surface area contributed by atoms with Crippen molar-refractivity contribution in [1.29, 1.82) is 0 Å². The summed E-state index contributed by atoms with van der Waals surface area (Å²) in [6, 6.07) is 8.37. The van der Waals surface area contributed by atoms with E-state index in [1.165, 1.54) is 11.8 Å². The first-order valence-electron chi connectivity index (χ1n) is 8.42. The van der Waals surface area contributed by atoms with E-state index < -0.39 is 29.2 Å². The molecule has 0 atom stereocenters. The van der Waals surface area contributed by atoms with Crippen molar-refractivity contribution in [2.45, 2.75) is 6.92 Å². The number of Topliss-reactive ketones (excluding diaryl/α,β-unsaturated/α-hetero) is 1. The van der Waals surface area contributed by atoms with Gasteiger partial charge in [-0.2, -0.15) is 0 Å². The largest absolute Gasteiger partial charge is 0.368 e. The second-order valence-corrected chi connectivity index (χ2v) is 6.23. The third-order valence-electron chi connectivity index (χ3n) is 4.48. The van der Waals surface area contributed by atoms with Crippen LogP contribution in [0, 0.1) is 17.5 Å². The smallest absolute Gasteiger partial charge is 0.322 e. The monoisotopic (exact) mass is 377 g/mol. The highest BCUT2D eigenvalue weighted by atomic mass is 19.2. The zero-order valence-corrected chi connectivity index (χ0v) is 14.6. The summed E-state index contributed by atoms with van der Waals surface area (Å²) in [6.45, 7) is 3.36. The third-order valence-corrected chi connectivity index (χ3v) is 4.48. The van der Waals surface area contributed by atoms with Gasteiger partial charge in [-0.1, -0.05) is 0 Å². The Kier molecular flexibility index (Phi) is 5.34. The number of nitrogens with one attached hydrogen (secondary N) is 1. The maximum atomic E-state index is 13.7. The molecule has 3 rings (SSSR count). The Balaban J connectivity index is 1.59. The molecular formula is C19H18F3N3O2. The minimum atomic E-state index is -1.62. The number of anilines is 2. The van der Waals surface area contributed by atoms with Gasteiger partial charge in [0, 0.05) is 37.4 Å². The fraction of sp³-hybridized carbons (Fsp3) is 0.263. The highest BCUT2D eigenvalue weighted by molar-refractivity contribution is 5.94. The number of urea groups is 1. The van der Waals surface area contributed by atoms with Gasteiger partial charge in [0.05, 0.1) is 5.69 Å². The van der Waals surface area contributed by atoms with Gasteiger partial charge >= 0.3 is 6.03 Å². The van der Waals surface area contributed by atoms with Crippen LogP contribution in [0.2, 0.25) is 0 Å². The molecule has 2 aromatic carbocycles. The van der Waals surface area contributed by atoms with Gasteiger partial charge in [-0.15, -0.1) is 0 Å². The lowest BCUT2D eigenvalue weighted by atomic mass is 10.1. The first kappa shape index (κ1) is 18.8. The van der Waals surface area contributed by atoms with E-state index in [1.54, 1.807) is 12.1 Å². The van der Waals surface area contributed by atoms with Gasteiger partial charge in [0.1, 0.15) is 0 Å². The average molecular weight is 377 g/mol. The fourth-order valence-electron chi connectivity index (χ4n) is 2.89. The first-order valence-corrected chi connectivity index (χ1v) is 8.42. The van der Waals surface area contributed by atoms with Gasteiger partial charge in [0.25, 0.3) is 0 Å².